The number of halogens is 2. The molecule has 3 aromatic carbocycles. The number of carbonyl (C=O) groups excluding carboxylic acids is 1. The summed E-state index contributed by atoms with van der Waals surface area (Å²) in [5.41, 5.74) is 1.44. The predicted molar refractivity (Wildman–Crippen MR) is 164 cm³/mol. The smallest absolute Gasteiger partial charge is 0.347 e. The maximum atomic E-state index is 13.6. The third-order valence-electron chi connectivity index (χ3n) is 6.02. The van der Waals surface area contributed by atoms with Crippen LogP contribution in [0.3, 0.4) is 0 Å². The van der Waals surface area contributed by atoms with Gasteiger partial charge in [0.1, 0.15) is 5.58 Å². The molecular weight excluding hydrogens is 658 g/mol. The molecule has 0 fully saturated rings. The van der Waals surface area contributed by atoms with Gasteiger partial charge in [-0.2, -0.15) is 9.78 Å². The molecule has 0 bridgehead atoms. The van der Waals surface area contributed by atoms with Crippen LogP contribution in [0.15, 0.2) is 83.9 Å². The van der Waals surface area contributed by atoms with Crippen LogP contribution in [0.25, 0.3) is 33.5 Å². The van der Waals surface area contributed by atoms with Gasteiger partial charge in [0.15, 0.2) is 23.4 Å². The predicted octanol–water partition coefficient (Wildman–Crippen LogP) is 6.95. The van der Waals surface area contributed by atoms with Crippen LogP contribution in [0.5, 0.6) is 11.5 Å². The fourth-order valence-electron chi connectivity index (χ4n) is 4.16. The van der Waals surface area contributed by atoms with Crippen LogP contribution >= 0.6 is 31.9 Å². The van der Waals surface area contributed by atoms with Crippen LogP contribution in [-0.4, -0.2) is 41.2 Å². The largest absolute Gasteiger partial charge is 0.490 e. The molecule has 2 heterocycles. The minimum absolute atomic E-state index is 0.248. The summed E-state index contributed by atoms with van der Waals surface area (Å²) in [5.74, 6) is 0.909. The minimum Gasteiger partial charge on any atom is -0.490 e. The molecular formula is C30H25Br2N3O6. The Morgan fingerprint density at radius 2 is 1.90 bits per heavy atom. The summed E-state index contributed by atoms with van der Waals surface area (Å²) >= 11 is 7.00. The van der Waals surface area contributed by atoms with Gasteiger partial charge in [-0.05, 0) is 90.8 Å². The van der Waals surface area contributed by atoms with E-state index in [-0.39, 0.29) is 18.0 Å². The normalized spacial score (nSPS) is 12.2. The van der Waals surface area contributed by atoms with Crippen LogP contribution in [0, 0.1) is 0 Å². The Labute approximate surface area is 252 Å². The first-order valence-corrected chi connectivity index (χ1v) is 14.4. The van der Waals surface area contributed by atoms with Gasteiger partial charge in [0, 0.05) is 9.86 Å². The Morgan fingerprint density at radius 3 is 2.68 bits per heavy atom. The van der Waals surface area contributed by atoms with E-state index < -0.39 is 12.1 Å². The van der Waals surface area contributed by atoms with Crippen LogP contribution in [0.1, 0.15) is 26.3 Å². The Balaban J connectivity index is 1.59. The highest BCUT2D eigenvalue weighted by Crippen LogP contribution is 2.37. The number of furan rings is 1. The van der Waals surface area contributed by atoms with E-state index >= 15 is 0 Å². The molecule has 0 unspecified atom stereocenters. The number of nitrogens with zero attached hydrogens (tertiary/aromatic N) is 3. The zero-order chi connectivity index (χ0) is 29.1. The quantitative estimate of drug-likeness (QED) is 0.122. The Morgan fingerprint density at radius 1 is 1.10 bits per heavy atom. The zero-order valence-electron chi connectivity index (χ0n) is 22.4. The van der Waals surface area contributed by atoms with Gasteiger partial charge < -0.3 is 18.6 Å². The second-order valence-corrected chi connectivity index (χ2v) is 10.7. The van der Waals surface area contributed by atoms with Crippen molar-refractivity contribution in [2.45, 2.75) is 26.9 Å². The van der Waals surface area contributed by atoms with Crippen molar-refractivity contribution < 1.29 is 23.4 Å². The maximum absolute atomic E-state index is 13.6. The van der Waals surface area contributed by atoms with Crippen molar-refractivity contribution in [2.24, 2.45) is 5.10 Å². The van der Waals surface area contributed by atoms with Gasteiger partial charge in [0.05, 0.1) is 34.8 Å². The third-order valence-corrected chi connectivity index (χ3v) is 7.10. The van der Waals surface area contributed by atoms with Crippen LogP contribution < -0.4 is 15.0 Å². The van der Waals surface area contributed by atoms with Crippen molar-refractivity contribution in [2.75, 3.05) is 13.2 Å². The van der Waals surface area contributed by atoms with E-state index in [0.29, 0.717) is 50.4 Å². The number of para-hydroxylation sites is 1. The molecule has 1 atom stereocenters. The van der Waals surface area contributed by atoms with Crippen molar-refractivity contribution >= 4 is 65.9 Å². The Kier molecular flexibility index (Phi) is 8.55. The molecule has 0 saturated heterocycles. The van der Waals surface area contributed by atoms with Gasteiger partial charge in [-0.15, -0.1) is 0 Å². The first-order chi connectivity index (χ1) is 19.8. The maximum Gasteiger partial charge on any atom is 0.347 e. The molecule has 5 aromatic rings. The summed E-state index contributed by atoms with van der Waals surface area (Å²) in [5, 5.41) is 5.80. The number of hydrogen-bond acceptors (Lipinski definition) is 8. The number of rotatable bonds is 9. The van der Waals surface area contributed by atoms with Gasteiger partial charge in [-0.25, -0.2) is 9.78 Å². The average Bonchev–Trinajstić information content (AvgIpc) is 3.37. The molecule has 210 valence electrons. The second-order valence-electron chi connectivity index (χ2n) is 8.88. The highest BCUT2D eigenvalue weighted by molar-refractivity contribution is 9.10. The standard InChI is InChI=1S/C30H25Br2N3O6/c1-4-38-25-13-18(12-22(32)27(25)40-17(3)30(37)39-5-2)16-33-35-28(34-23-9-7-6-8-21(23)29(35)36)26-15-19-14-20(31)10-11-24(19)41-26/h6-17H,4-5H2,1-3H3/t17-/m0/s1. The van der Waals surface area contributed by atoms with E-state index in [4.69, 9.17) is 23.6 Å². The molecule has 0 spiro atoms. The first-order valence-electron chi connectivity index (χ1n) is 12.8. The summed E-state index contributed by atoms with van der Waals surface area (Å²) in [7, 11) is 0. The number of carbonyl (C=O) groups is 1. The lowest BCUT2D eigenvalue weighted by molar-refractivity contribution is -0.150. The number of aromatic nitrogens is 2. The van der Waals surface area contributed by atoms with Crippen LogP contribution in [0.2, 0.25) is 0 Å². The molecule has 41 heavy (non-hydrogen) atoms. The second kappa shape index (κ2) is 12.3. The fourth-order valence-corrected chi connectivity index (χ4v) is 5.10. The molecule has 2 aromatic heterocycles. The molecule has 0 aliphatic rings. The SMILES string of the molecule is CCOC(=O)[C@H](C)Oc1c(Br)cc(C=Nn2c(-c3cc4cc(Br)ccc4o3)nc3ccccc3c2=O)cc1OCC. The Bertz CT molecular complexity index is 1850. The number of ether oxygens (including phenoxy) is 3. The van der Waals surface area contributed by atoms with Gasteiger partial charge in [0.2, 0.25) is 5.82 Å². The minimum atomic E-state index is -0.848. The zero-order valence-corrected chi connectivity index (χ0v) is 25.6. The number of benzene rings is 3. The van der Waals surface area contributed by atoms with Crippen molar-refractivity contribution in [3.63, 3.8) is 0 Å². The van der Waals surface area contributed by atoms with E-state index in [0.717, 1.165) is 9.86 Å². The van der Waals surface area contributed by atoms with Crippen molar-refractivity contribution in [1.29, 1.82) is 0 Å². The molecule has 9 nitrogen and oxygen atoms in total. The molecule has 11 heteroatoms. The molecule has 0 aliphatic heterocycles. The van der Waals surface area contributed by atoms with Crippen molar-refractivity contribution in [1.82, 2.24) is 9.66 Å². The molecule has 0 aliphatic carbocycles. The van der Waals surface area contributed by atoms with Crippen LogP contribution in [0.4, 0.5) is 0 Å². The monoisotopic (exact) mass is 681 g/mol. The van der Waals surface area contributed by atoms with Gasteiger partial charge in [0.25, 0.3) is 5.56 Å². The van der Waals surface area contributed by atoms with E-state index in [1.165, 1.54) is 10.9 Å². The van der Waals surface area contributed by atoms with Gasteiger partial charge in [-0.1, -0.05) is 28.1 Å². The summed E-state index contributed by atoms with van der Waals surface area (Å²) in [6.45, 7) is 5.78. The highest BCUT2D eigenvalue weighted by atomic mass is 79.9. The lowest BCUT2D eigenvalue weighted by Gasteiger charge is -2.18. The van der Waals surface area contributed by atoms with E-state index in [9.17, 15) is 9.59 Å². The van der Waals surface area contributed by atoms with E-state index in [1.54, 1.807) is 44.2 Å². The average molecular weight is 683 g/mol. The summed E-state index contributed by atoms with van der Waals surface area (Å²) < 4.78 is 25.4. The number of fused-ring (bicyclic) bond motifs is 2. The topological polar surface area (TPSA) is 105 Å². The van der Waals surface area contributed by atoms with E-state index in [1.807, 2.05) is 37.3 Å². The van der Waals surface area contributed by atoms with Crippen LogP contribution in [-0.2, 0) is 9.53 Å². The van der Waals surface area contributed by atoms with Gasteiger partial charge >= 0.3 is 5.97 Å². The summed E-state index contributed by atoms with van der Waals surface area (Å²) in [6.07, 6.45) is 0.672. The van der Waals surface area contributed by atoms with E-state index in [2.05, 4.69) is 37.0 Å². The molecule has 0 amide bonds. The Hall–Kier alpha value is -3.96. The van der Waals surface area contributed by atoms with Crippen molar-refractivity contribution in [3.8, 4) is 23.1 Å². The number of esters is 1. The van der Waals surface area contributed by atoms with Gasteiger partial charge in [-0.3, -0.25) is 4.79 Å². The highest BCUT2D eigenvalue weighted by Gasteiger charge is 2.21. The third kappa shape index (κ3) is 6.06. The fraction of sp³-hybridized carbons (Fsp3) is 0.200. The molecule has 0 saturated carbocycles. The lowest BCUT2D eigenvalue weighted by atomic mass is 10.2. The lowest BCUT2D eigenvalue weighted by Crippen LogP contribution is -2.26. The molecule has 0 radical (unpaired) electrons. The first kappa shape index (κ1) is 28.6. The van der Waals surface area contributed by atoms with Crippen molar-refractivity contribution in [3.05, 3.63) is 85.5 Å². The summed E-state index contributed by atoms with van der Waals surface area (Å²) in [6, 6.07) is 18.0. The number of hydrogen-bond donors (Lipinski definition) is 0. The molecule has 5 rings (SSSR count). The molecule has 0 N–H and O–H groups in total. The summed E-state index contributed by atoms with van der Waals surface area (Å²) in [4.78, 5) is 30.5.